The molecular formula is C12H9ClN2O2. The number of hydrogen-bond donors (Lipinski definition) is 0. The molecule has 0 aromatic carbocycles. The van der Waals surface area contributed by atoms with E-state index in [1.54, 1.807) is 36.7 Å². The van der Waals surface area contributed by atoms with Gasteiger partial charge in [0.2, 0.25) is 0 Å². The molecule has 0 unspecified atom stereocenters. The molecule has 0 aliphatic rings. The summed E-state index contributed by atoms with van der Waals surface area (Å²) in [5.74, 6) is -0.550. The van der Waals surface area contributed by atoms with Crippen LogP contribution in [0.3, 0.4) is 0 Å². The maximum Gasteiger partial charge on any atom is 0.358 e. The first-order valence-corrected chi connectivity index (χ1v) is 5.25. The number of nitrogens with zero attached hydrogens (tertiary/aromatic N) is 2. The number of halogens is 1. The molecule has 0 spiro atoms. The average Bonchev–Trinajstić information content (AvgIpc) is 2.39. The Morgan fingerprint density at radius 3 is 2.59 bits per heavy atom. The van der Waals surface area contributed by atoms with Gasteiger partial charge in [0.15, 0.2) is 5.69 Å². The molecule has 0 bridgehead atoms. The quantitative estimate of drug-likeness (QED) is 0.767. The van der Waals surface area contributed by atoms with E-state index in [1.807, 2.05) is 0 Å². The minimum absolute atomic E-state index is 0.114. The van der Waals surface area contributed by atoms with Crippen LogP contribution in [0.25, 0.3) is 11.3 Å². The molecule has 2 rings (SSSR count). The zero-order valence-corrected chi connectivity index (χ0v) is 9.81. The van der Waals surface area contributed by atoms with Gasteiger partial charge in [0.25, 0.3) is 0 Å². The standard InChI is InChI=1S/C12H9ClN2O2/c1-17-12(16)11-9(13)2-3-10(15-11)8-4-6-14-7-5-8/h2-7H,1H3. The maximum atomic E-state index is 11.4. The molecule has 0 N–H and O–H groups in total. The summed E-state index contributed by atoms with van der Waals surface area (Å²) in [6, 6.07) is 6.97. The molecule has 5 heteroatoms. The van der Waals surface area contributed by atoms with Gasteiger partial charge in [0, 0.05) is 18.0 Å². The van der Waals surface area contributed by atoms with Gasteiger partial charge in [-0.2, -0.15) is 0 Å². The van der Waals surface area contributed by atoms with Crippen molar-refractivity contribution in [1.82, 2.24) is 9.97 Å². The van der Waals surface area contributed by atoms with Gasteiger partial charge < -0.3 is 4.74 Å². The van der Waals surface area contributed by atoms with Crippen molar-refractivity contribution in [3.8, 4) is 11.3 Å². The number of carbonyl (C=O) groups excluding carboxylic acids is 1. The second-order valence-corrected chi connectivity index (χ2v) is 3.66. The van der Waals surface area contributed by atoms with E-state index in [0.29, 0.717) is 5.69 Å². The molecule has 86 valence electrons. The molecule has 0 aliphatic heterocycles. The second-order valence-electron chi connectivity index (χ2n) is 3.25. The molecule has 0 radical (unpaired) electrons. The fourth-order valence-electron chi connectivity index (χ4n) is 1.37. The Bertz CT molecular complexity index is 543. The van der Waals surface area contributed by atoms with Crippen molar-refractivity contribution in [2.24, 2.45) is 0 Å². The summed E-state index contributed by atoms with van der Waals surface area (Å²) in [6.45, 7) is 0. The second kappa shape index (κ2) is 4.93. The van der Waals surface area contributed by atoms with Crippen LogP contribution in [-0.2, 0) is 4.74 Å². The van der Waals surface area contributed by atoms with Crippen LogP contribution >= 0.6 is 11.6 Å². The molecule has 0 saturated heterocycles. The van der Waals surface area contributed by atoms with E-state index in [9.17, 15) is 4.79 Å². The van der Waals surface area contributed by atoms with Crippen molar-refractivity contribution in [3.05, 3.63) is 47.4 Å². The third-order valence-corrected chi connectivity index (χ3v) is 2.51. The van der Waals surface area contributed by atoms with Crippen LogP contribution in [0.15, 0.2) is 36.7 Å². The van der Waals surface area contributed by atoms with Gasteiger partial charge in [-0.15, -0.1) is 0 Å². The number of hydrogen-bond acceptors (Lipinski definition) is 4. The Morgan fingerprint density at radius 2 is 1.94 bits per heavy atom. The molecule has 0 aliphatic carbocycles. The van der Waals surface area contributed by atoms with Crippen molar-refractivity contribution < 1.29 is 9.53 Å². The summed E-state index contributed by atoms with van der Waals surface area (Å²) in [6.07, 6.45) is 3.31. The Hall–Kier alpha value is -1.94. The summed E-state index contributed by atoms with van der Waals surface area (Å²) in [5.41, 5.74) is 1.63. The van der Waals surface area contributed by atoms with E-state index in [2.05, 4.69) is 14.7 Å². The molecule has 2 aromatic rings. The van der Waals surface area contributed by atoms with Crippen molar-refractivity contribution in [2.45, 2.75) is 0 Å². The van der Waals surface area contributed by atoms with Gasteiger partial charge in [-0.05, 0) is 24.3 Å². The minimum Gasteiger partial charge on any atom is -0.464 e. The number of pyridine rings is 2. The first kappa shape index (κ1) is 11.5. The highest BCUT2D eigenvalue weighted by molar-refractivity contribution is 6.33. The molecule has 0 fully saturated rings. The SMILES string of the molecule is COC(=O)c1nc(-c2ccncc2)ccc1Cl. The number of methoxy groups -OCH3 is 1. The average molecular weight is 249 g/mol. The monoisotopic (exact) mass is 248 g/mol. The van der Waals surface area contributed by atoms with Gasteiger partial charge in [-0.1, -0.05) is 11.6 Å². The lowest BCUT2D eigenvalue weighted by Gasteiger charge is -2.05. The first-order valence-electron chi connectivity index (χ1n) is 4.87. The third-order valence-electron chi connectivity index (χ3n) is 2.20. The number of aromatic nitrogens is 2. The van der Waals surface area contributed by atoms with E-state index in [1.165, 1.54) is 7.11 Å². The lowest BCUT2D eigenvalue weighted by Crippen LogP contribution is -2.05. The van der Waals surface area contributed by atoms with Crippen molar-refractivity contribution >= 4 is 17.6 Å². The number of carbonyl (C=O) groups is 1. The molecule has 2 heterocycles. The Balaban J connectivity index is 2.48. The summed E-state index contributed by atoms with van der Waals surface area (Å²) < 4.78 is 4.61. The zero-order chi connectivity index (χ0) is 12.3. The van der Waals surface area contributed by atoms with E-state index < -0.39 is 5.97 Å². The Labute approximate surface area is 103 Å². The zero-order valence-electron chi connectivity index (χ0n) is 9.05. The van der Waals surface area contributed by atoms with Crippen LogP contribution < -0.4 is 0 Å². The predicted molar refractivity (Wildman–Crippen MR) is 63.8 cm³/mol. The van der Waals surface area contributed by atoms with Crippen molar-refractivity contribution in [3.63, 3.8) is 0 Å². The highest BCUT2D eigenvalue weighted by Crippen LogP contribution is 2.21. The highest BCUT2D eigenvalue weighted by Gasteiger charge is 2.13. The maximum absolute atomic E-state index is 11.4. The minimum atomic E-state index is -0.550. The van der Waals surface area contributed by atoms with Crippen LogP contribution in [0.5, 0.6) is 0 Å². The van der Waals surface area contributed by atoms with E-state index in [0.717, 1.165) is 5.56 Å². The number of ether oxygens (including phenoxy) is 1. The smallest absolute Gasteiger partial charge is 0.358 e. The fourth-order valence-corrected chi connectivity index (χ4v) is 1.55. The lowest BCUT2D eigenvalue weighted by atomic mass is 10.1. The molecule has 2 aromatic heterocycles. The van der Waals surface area contributed by atoms with Crippen LogP contribution in [0.4, 0.5) is 0 Å². The molecule has 0 amide bonds. The molecule has 4 nitrogen and oxygen atoms in total. The van der Waals surface area contributed by atoms with Crippen molar-refractivity contribution in [1.29, 1.82) is 0 Å². The molecule has 0 saturated carbocycles. The van der Waals surface area contributed by atoms with Crippen LogP contribution in [0.1, 0.15) is 10.5 Å². The van der Waals surface area contributed by atoms with E-state index in [-0.39, 0.29) is 10.7 Å². The van der Waals surface area contributed by atoms with Gasteiger partial charge in [-0.25, -0.2) is 9.78 Å². The Kier molecular flexibility index (Phi) is 3.35. The fraction of sp³-hybridized carbons (Fsp3) is 0.0833. The third kappa shape index (κ3) is 2.42. The van der Waals surface area contributed by atoms with Crippen LogP contribution in [0, 0.1) is 0 Å². The summed E-state index contributed by atoms with van der Waals surface area (Å²) in [5, 5.41) is 0.273. The lowest BCUT2D eigenvalue weighted by molar-refractivity contribution is 0.0594. The summed E-state index contributed by atoms with van der Waals surface area (Å²) in [7, 11) is 1.29. The van der Waals surface area contributed by atoms with E-state index in [4.69, 9.17) is 11.6 Å². The number of rotatable bonds is 2. The van der Waals surface area contributed by atoms with Gasteiger partial charge >= 0.3 is 5.97 Å². The predicted octanol–water partition coefficient (Wildman–Crippen LogP) is 2.58. The summed E-state index contributed by atoms with van der Waals surface area (Å²) in [4.78, 5) is 19.5. The largest absolute Gasteiger partial charge is 0.464 e. The van der Waals surface area contributed by atoms with Crippen LogP contribution in [-0.4, -0.2) is 23.0 Å². The normalized spacial score (nSPS) is 10.0. The van der Waals surface area contributed by atoms with E-state index >= 15 is 0 Å². The summed E-state index contributed by atoms with van der Waals surface area (Å²) >= 11 is 5.88. The van der Waals surface area contributed by atoms with Crippen molar-refractivity contribution in [2.75, 3.05) is 7.11 Å². The first-order chi connectivity index (χ1) is 8.22. The molecular weight excluding hydrogens is 240 g/mol. The van der Waals surface area contributed by atoms with Gasteiger partial charge in [0.1, 0.15) is 0 Å². The Morgan fingerprint density at radius 1 is 1.24 bits per heavy atom. The topological polar surface area (TPSA) is 52.1 Å². The van der Waals surface area contributed by atoms with Gasteiger partial charge in [-0.3, -0.25) is 4.98 Å². The molecule has 0 atom stereocenters. The van der Waals surface area contributed by atoms with Gasteiger partial charge in [0.05, 0.1) is 17.8 Å². The number of esters is 1. The van der Waals surface area contributed by atoms with Crippen LogP contribution in [0.2, 0.25) is 5.02 Å². The molecule has 17 heavy (non-hydrogen) atoms. The highest BCUT2D eigenvalue weighted by atomic mass is 35.5.